The highest BCUT2D eigenvalue weighted by atomic mass is 16.5. The van der Waals surface area contributed by atoms with Crippen molar-refractivity contribution in [3.05, 3.63) is 35.9 Å². The van der Waals surface area contributed by atoms with Crippen LogP contribution in [0.3, 0.4) is 0 Å². The van der Waals surface area contributed by atoms with E-state index in [0.717, 1.165) is 13.1 Å². The molecule has 0 unspecified atom stereocenters. The predicted molar refractivity (Wildman–Crippen MR) is 80.7 cm³/mol. The van der Waals surface area contributed by atoms with Crippen LogP contribution in [0.25, 0.3) is 0 Å². The summed E-state index contributed by atoms with van der Waals surface area (Å²) in [6.45, 7) is 9.40. The van der Waals surface area contributed by atoms with Crippen molar-refractivity contribution < 1.29 is 9.53 Å². The Morgan fingerprint density at radius 2 is 1.80 bits per heavy atom. The first-order valence-electron chi connectivity index (χ1n) is 7.39. The topological polar surface area (TPSA) is 29.5 Å². The van der Waals surface area contributed by atoms with E-state index in [4.69, 9.17) is 4.74 Å². The molecule has 20 heavy (non-hydrogen) atoms. The van der Waals surface area contributed by atoms with Gasteiger partial charge in [-0.2, -0.15) is 0 Å². The van der Waals surface area contributed by atoms with Crippen LogP contribution in [0.1, 0.15) is 38.7 Å². The SMILES string of the molecule is CC(C)(C)[C@H](CC(=O)N1CCOCC1)c1ccccc1. The zero-order valence-corrected chi connectivity index (χ0v) is 12.8. The van der Waals surface area contributed by atoms with Crippen molar-refractivity contribution in [2.24, 2.45) is 5.41 Å². The molecule has 3 heteroatoms. The van der Waals surface area contributed by atoms with Gasteiger partial charge in [-0.25, -0.2) is 0 Å². The standard InChI is InChI=1S/C17H25NO2/c1-17(2,3)15(14-7-5-4-6-8-14)13-16(19)18-9-11-20-12-10-18/h4-8,15H,9-13H2,1-3H3/t15-/m1/s1. The third-order valence-corrected chi connectivity index (χ3v) is 3.99. The number of benzene rings is 1. The van der Waals surface area contributed by atoms with Gasteiger partial charge in [0.15, 0.2) is 0 Å². The van der Waals surface area contributed by atoms with Crippen LogP contribution in [-0.4, -0.2) is 37.1 Å². The lowest BCUT2D eigenvalue weighted by molar-refractivity contribution is -0.136. The van der Waals surface area contributed by atoms with E-state index < -0.39 is 0 Å². The maximum Gasteiger partial charge on any atom is 0.223 e. The molecule has 1 saturated heterocycles. The number of hydrogen-bond donors (Lipinski definition) is 0. The van der Waals surface area contributed by atoms with Gasteiger partial charge in [-0.3, -0.25) is 4.79 Å². The van der Waals surface area contributed by atoms with Crippen molar-refractivity contribution in [3.8, 4) is 0 Å². The summed E-state index contributed by atoms with van der Waals surface area (Å²) in [4.78, 5) is 14.4. The highest BCUT2D eigenvalue weighted by Gasteiger charge is 2.30. The van der Waals surface area contributed by atoms with Crippen molar-refractivity contribution in [2.45, 2.75) is 33.1 Å². The minimum absolute atomic E-state index is 0.0727. The molecule has 0 spiro atoms. The number of rotatable bonds is 3. The van der Waals surface area contributed by atoms with Crippen LogP contribution < -0.4 is 0 Å². The first-order chi connectivity index (χ1) is 9.48. The Bertz CT molecular complexity index is 430. The first kappa shape index (κ1) is 15.0. The molecule has 1 aliphatic rings. The maximum absolute atomic E-state index is 12.5. The van der Waals surface area contributed by atoms with Crippen LogP contribution >= 0.6 is 0 Å². The van der Waals surface area contributed by atoms with Crippen LogP contribution in [-0.2, 0) is 9.53 Å². The summed E-state index contributed by atoms with van der Waals surface area (Å²) in [6, 6.07) is 10.4. The summed E-state index contributed by atoms with van der Waals surface area (Å²) in [6.07, 6.45) is 0.577. The summed E-state index contributed by atoms with van der Waals surface area (Å²) in [5.41, 5.74) is 1.32. The first-order valence-corrected chi connectivity index (χ1v) is 7.39. The van der Waals surface area contributed by atoms with Gasteiger partial charge in [0.25, 0.3) is 0 Å². The highest BCUT2D eigenvalue weighted by Crippen LogP contribution is 2.38. The second kappa shape index (κ2) is 6.40. The van der Waals surface area contributed by atoms with Gasteiger partial charge in [-0.1, -0.05) is 51.1 Å². The van der Waals surface area contributed by atoms with Crippen LogP contribution in [0, 0.1) is 5.41 Å². The van der Waals surface area contributed by atoms with E-state index in [-0.39, 0.29) is 17.2 Å². The normalized spacial score (nSPS) is 17.9. The van der Waals surface area contributed by atoms with Gasteiger partial charge in [0.05, 0.1) is 13.2 Å². The summed E-state index contributed by atoms with van der Waals surface area (Å²) >= 11 is 0. The molecule has 0 N–H and O–H groups in total. The maximum atomic E-state index is 12.5. The molecule has 0 aliphatic carbocycles. The van der Waals surface area contributed by atoms with Gasteiger partial charge in [-0.05, 0) is 16.9 Å². The number of carbonyl (C=O) groups excluding carboxylic acids is 1. The molecule has 1 fully saturated rings. The number of nitrogens with zero attached hydrogens (tertiary/aromatic N) is 1. The van der Waals surface area contributed by atoms with E-state index in [2.05, 4.69) is 32.9 Å². The Morgan fingerprint density at radius 3 is 2.35 bits per heavy atom. The molecule has 0 bridgehead atoms. The third-order valence-electron chi connectivity index (χ3n) is 3.99. The molecule has 1 amide bonds. The number of carbonyl (C=O) groups is 1. The summed E-state index contributed by atoms with van der Waals surface area (Å²) < 4.78 is 5.31. The fraction of sp³-hybridized carbons (Fsp3) is 0.588. The van der Waals surface area contributed by atoms with Crippen molar-refractivity contribution in [1.82, 2.24) is 4.90 Å². The average molecular weight is 275 g/mol. The number of ether oxygens (including phenoxy) is 1. The Kier molecular flexibility index (Phi) is 4.81. The van der Waals surface area contributed by atoms with E-state index >= 15 is 0 Å². The van der Waals surface area contributed by atoms with Gasteiger partial charge < -0.3 is 9.64 Å². The van der Waals surface area contributed by atoms with Gasteiger partial charge in [0, 0.05) is 19.5 Å². The van der Waals surface area contributed by atoms with E-state index in [0.29, 0.717) is 19.6 Å². The number of amides is 1. The molecule has 3 nitrogen and oxygen atoms in total. The lowest BCUT2D eigenvalue weighted by atomic mass is 9.74. The zero-order chi connectivity index (χ0) is 14.6. The quantitative estimate of drug-likeness (QED) is 0.848. The molecular weight excluding hydrogens is 250 g/mol. The summed E-state index contributed by atoms with van der Waals surface area (Å²) in [5, 5.41) is 0. The smallest absolute Gasteiger partial charge is 0.223 e. The minimum atomic E-state index is 0.0727. The summed E-state index contributed by atoms with van der Waals surface area (Å²) in [5.74, 6) is 0.496. The van der Waals surface area contributed by atoms with Crippen molar-refractivity contribution in [1.29, 1.82) is 0 Å². The van der Waals surface area contributed by atoms with Gasteiger partial charge in [0.1, 0.15) is 0 Å². The Hall–Kier alpha value is -1.35. The second-order valence-electron chi connectivity index (χ2n) is 6.53. The van der Waals surface area contributed by atoms with Crippen LogP contribution in [0.4, 0.5) is 0 Å². The molecule has 0 aromatic heterocycles. The molecule has 110 valence electrons. The fourth-order valence-corrected chi connectivity index (χ4v) is 2.73. The zero-order valence-electron chi connectivity index (χ0n) is 12.8. The van der Waals surface area contributed by atoms with Gasteiger partial charge in [0.2, 0.25) is 5.91 Å². The molecule has 1 aromatic rings. The molecule has 2 rings (SSSR count). The van der Waals surface area contributed by atoms with E-state index in [1.54, 1.807) is 0 Å². The van der Waals surface area contributed by atoms with Crippen LogP contribution in [0.5, 0.6) is 0 Å². The van der Waals surface area contributed by atoms with E-state index in [1.807, 2.05) is 23.1 Å². The van der Waals surface area contributed by atoms with Crippen molar-refractivity contribution in [3.63, 3.8) is 0 Å². The van der Waals surface area contributed by atoms with E-state index in [1.165, 1.54) is 5.56 Å². The molecular formula is C17H25NO2. The lowest BCUT2D eigenvalue weighted by Crippen LogP contribution is -2.42. The van der Waals surface area contributed by atoms with Crippen LogP contribution in [0.2, 0.25) is 0 Å². The molecule has 1 aromatic carbocycles. The second-order valence-corrected chi connectivity index (χ2v) is 6.53. The van der Waals surface area contributed by atoms with Crippen molar-refractivity contribution in [2.75, 3.05) is 26.3 Å². The monoisotopic (exact) mass is 275 g/mol. The lowest BCUT2D eigenvalue weighted by Gasteiger charge is -2.34. The summed E-state index contributed by atoms with van der Waals surface area (Å²) in [7, 11) is 0. The fourth-order valence-electron chi connectivity index (χ4n) is 2.73. The van der Waals surface area contributed by atoms with Crippen molar-refractivity contribution >= 4 is 5.91 Å². The Morgan fingerprint density at radius 1 is 1.20 bits per heavy atom. The molecule has 0 saturated carbocycles. The number of hydrogen-bond acceptors (Lipinski definition) is 2. The molecule has 1 heterocycles. The van der Waals surface area contributed by atoms with Gasteiger partial charge >= 0.3 is 0 Å². The Balaban J connectivity index is 2.10. The van der Waals surface area contributed by atoms with Crippen LogP contribution in [0.15, 0.2) is 30.3 Å². The average Bonchev–Trinajstić information content (AvgIpc) is 2.45. The largest absolute Gasteiger partial charge is 0.378 e. The molecule has 1 atom stereocenters. The van der Waals surface area contributed by atoms with Gasteiger partial charge in [-0.15, -0.1) is 0 Å². The van der Waals surface area contributed by atoms with E-state index in [9.17, 15) is 4.79 Å². The predicted octanol–water partition coefficient (Wildman–Crippen LogP) is 3.07. The molecule has 0 radical (unpaired) electrons. The molecule has 1 aliphatic heterocycles. The minimum Gasteiger partial charge on any atom is -0.378 e. The highest BCUT2D eigenvalue weighted by molar-refractivity contribution is 5.77. The Labute approximate surface area is 121 Å². The number of morpholine rings is 1. The third kappa shape index (κ3) is 3.83.